The molecule has 0 aliphatic rings. The summed E-state index contributed by atoms with van der Waals surface area (Å²) in [6.07, 6.45) is 0. The number of hydrogen-bond donors (Lipinski definition) is 2. The van der Waals surface area contributed by atoms with Crippen LogP contribution in [0.2, 0.25) is 0 Å². The molecular weight excluding hydrogens is 103 g/mol. The van der Waals surface area contributed by atoms with Crippen LogP contribution in [0, 0.1) is 0 Å². The van der Waals surface area contributed by atoms with Gasteiger partial charge in [0.15, 0.2) is 5.81 Å². The van der Waals surface area contributed by atoms with E-state index in [-0.39, 0.29) is 6.04 Å². The third-order valence-corrected chi connectivity index (χ3v) is 0.742. The summed E-state index contributed by atoms with van der Waals surface area (Å²) >= 11 is 0. The summed E-state index contributed by atoms with van der Waals surface area (Å²) < 4.78 is 0. The zero-order chi connectivity index (χ0) is 6.57. The summed E-state index contributed by atoms with van der Waals surface area (Å²) in [5.41, 5.74) is 5.15. The van der Waals surface area contributed by atoms with Crippen molar-refractivity contribution in [3.63, 3.8) is 0 Å². The highest BCUT2D eigenvalue weighted by molar-refractivity contribution is 6.57. The van der Waals surface area contributed by atoms with Crippen LogP contribution in [0.5, 0.6) is 0 Å². The monoisotopic (exact) mass is 112 g/mol. The zero-order valence-electron chi connectivity index (χ0n) is 4.85. The summed E-state index contributed by atoms with van der Waals surface area (Å²) in [4.78, 5) is 10.0. The lowest BCUT2D eigenvalue weighted by atomic mass is 10.1. The van der Waals surface area contributed by atoms with E-state index >= 15 is 0 Å². The fourth-order valence-electron chi connectivity index (χ4n) is 0.302. The number of nitrogens with two attached hydrogens (primary N) is 1. The van der Waals surface area contributed by atoms with Gasteiger partial charge in [0.25, 0.3) is 0 Å². The quantitative estimate of drug-likeness (QED) is 0.460. The molecule has 0 aliphatic heterocycles. The van der Waals surface area contributed by atoms with Crippen molar-refractivity contribution in [2.24, 2.45) is 5.73 Å². The van der Waals surface area contributed by atoms with Gasteiger partial charge >= 0.3 is 0 Å². The molecule has 4 heteroatoms. The van der Waals surface area contributed by atoms with E-state index in [0.29, 0.717) is 6.54 Å². The minimum Gasteiger partial charge on any atom is -0.362 e. The van der Waals surface area contributed by atoms with Gasteiger partial charge in [-0.15, -0.1) is 0 Å². The Bertz CT molecular complexity index is 86.1. The molecule has 0 heterocycles. The van der Waals surface area contributed by atoms with E-state index in [4.69, 9.17) is 13.6 Å². The molecule has 0 fully saturated rings. The van der Waals surface area contributed by atoms with Crippen molar-refractivity contribution in [1.82, 2.24) is 5.32 Å². The highest BCUT2D eigenvalue weighted by atomic mass is 16.1. The topological polar surface area (TPSA) is 55.1 Å². The second-order valence-corrected chi connectivity index (χ2v) is 1.65. The molecule has 0 bridgehead atoms. The van der Waals surface area contributed by atoms with Crippen LogP contribution in [0.4, 0.5) is 4.79 Å². The fraction of sp³-hybridized carbons (Fsp3) is 0.750. The zero-order valence-corrected chi connectivity index (χ0v) is 4.85. The van der Waals surface area contributed by atoms with E-state index in [1.165, 1.54) is 0 Å². The maximum Gasteiger partial charge on any atom is 0.200 e. The van der Waals surface area contributed by atoms with E-state index in [1.807, 2.05) is 0 Å². The van der Waals surface area contributed by atoms with Gasteiger partial charge in [0.2, 0.25) is 7.85 Å². The molecule has 1 atom stereocenters. The summed E-state index contributed by atoms with van der Waals surface area (Å²) in [5.74, 6) is -0.525. The summed E-state index contributed by atoms with van der Waals surface area (Å²) in [6.45, 7) is 2.20. The van der Waals surface area contributed by atoms with Crippen LogP contribution in [-0.4, -0.2) is 26.2 Å². The highest BCUT2D eigenvalue weighted by Crippen LogP contribution is 1.72. The van der Waals surface area contributed by atoms with Crippen molar-refractivity contribution in [3.8, 4) is 0 Å². The van der Waals surface area contributed by atoms with Crippen LogP contribution in [0.1, 0.15) is 6.92 Å². The second-order valence-electron chi connectivity index (χ2n) is 1.65. The standard InChI is InChI=1S/C4H9BN2O/c1-3(2-6)7-4(5)8/h3H,2,6H2,1H3,(H,7,8). The van der Waals surface area contributed by atoms with Crippen molar-refractivity contribution in [2.75, 3.05) is 6.54 Å². The number of amides is 1. The Balaban J connectivity index is 3.24. The number of rotatable bonds is 2. The molecule has 1 amide bonds. The van der Waals surface area contributed by atoms with Gasteiger partial charge in [-0.2, -0.15) is 0 Å². The normalized spacial score (nSPS) is 12.8. The Kier molecular flexibility index (Phi) is 3.27. The number of nitrogens with one attached hydrogen (secondary N) is 1. The Morgan fingerprint density at radius 1 is 2.00 bits per heavy atom. The Morgan fingerprint density at radius 3 is 2.62 bits per heavy atom. The van der Waals surface area contributed by atoms with Crippen molar-refractivity contribution in [3.05, 3.63) is 0 Å². The Labute approximate surface area is 50.0 Å². The molecule has 3 nitrogen and oxygen atoms in total. The lowest BCUT2D eigenvalue weighted by Crippen LogP contribution is -2.36. The molecular formula is C4H9BN2O. The van der Waals surface area contributed by atoms with Gasteiger partial charge in [-0.3, -0.25) is 4.79 Å². The van der Waals surface area contributed by atoms with Crippen molar-refractivity contribution in [2.45, 2.75) is 13.0 Å². The van der Waals surface area contributed by atoms with E-state index < -0.39 is 5.81 Å². The molecule has 0 aromatic rings. The molecule has 0 saturated carbocycles. The number of hydrogen-bond acceptors (Lipinski definition) is 2. The van der Waals surface area contributed by atoms with Gasteiger partial charge in [0.1, 0.15) is 0 Å². The average Bonchev–Trinajstić information content (AvgIpc) is 1.65. The van der Waals surface area contributed by atoms with Gasteiger partial charge in [-0.1, -0.05) is 0 Å². The molecule has 3 N–H and O–H groups in total. The molecule has 2 radical (unpaired) electrons. The minimum atomic E-state index is -0.525. The first-order valence-electron chi connectivity index (χ1n) is 2.43. The van der Waals surface area contributed by atoms with Crippen LogP contribution in [0.25, 0.3) is 0 Å². The lowest BCUT2D eigenvalue weighted by Gasteiger charge is -2.07. The molecule has 0 saturated heterocycles. The molecule has 44 valence electrons. The summed E-state index contributed by atoms with van der Waals surface area (Å²) in [7, 11) is 4.76. The maximum absolute atomic E-state index is 10.0. The minimum absolute atomic E-state index is 0.0208. The van der Waals surface area contributed by atoms with Crippen LogP contribution in [0.3, 0.4) is 0 Å². The molecule has 0 spiro atoms. The maximum atomic E-state index is 10.0. The summed E-state index contributed by atoms with van der Waals surface area (Å²) in [5, 5.41) is 2.41. The third-order valence-electron chi connectivity index (χ3n) is 0.742. The Morgan fingerprint density at radius 2 is 2.50 bits per heavy atom. The highest BCUT2D eigenvalue weighted by Gasteiger charge is 1.96. The van der Waals surface area contributed by atoms with Crippen LogP contribution in [-0.2, 0) is 0 Å². The summed E-state index contributed by atoms with van der Waals surface area (Å²) in [6, 6.07) is -0.0208. The fourth-order valence-corrected chi connectivity index (χ4v) is 0.302. The average molecular weight is 112 g/mol. The molecule has 0 rings (SSSR count). The molecule has 8 heavy (non-hydrogen) atoms. The number of carbonyl (C=O) groups excluding carboxylic acids is 1. The second kappa shape index (κ2) is 3.49. The van der Waals surface area contributed by atoms with Gasteiger partial charge in [-0.25, -0.2) is 0 Å². The van der Waals surface area contributed by atoms with E-state index in [1.54, 1.807) is 6.92 Å². The van der Waals surface area contributed by atoms with E-state index in [2.05, 4.69) is 5.32 Å². The van der Waals surface area contributed by atoms with Gasteiger partial charge < -0.3 is 11.1 Å². The Hall–Kier alpha value is -0.505. The van der Waals surface area contributed by atoms with Crippen LogP contribution < -0.4 is 11.1 Å². The smallest absolute Gasteiger partial charge is 0.200 e. The molecule has 0 aromatic carbocycles. The van der Waals surface area contributed by atoms with Crippen molar-refractivity contribution >= 4 is 13.7 Å². The molecule has 0 aliphatic carbocycles. The largest absolute Gasteiger partial charge is 0.362 e. The molecule has 1 unspecified atom stereocenters. The lowest BCUT2D eigenvalue weighted by molar-refractivity contribution is 0.257. The van der Waals surface area contributed by atoms with Gasteiger partial charge in [0, 0.05) is 12.6 Å². The van der Waals surface area contributed by atoms with E-state index in [9.17, 15) is 4.79 Å². The van der Waals surface area contributed by atoms with Crippen molar-refractivity contribution in [1.29, 1.82) is 0 Å². The first-order chi connectivity index (χ1) is 3.66. The number of carbonyl (C=O) groups is 1. The predicted molar refractivity (Wildman–Crippen MR) is 32.8 cm³/mol. The van der Waals surface area contributed by atoms with Gasteiger partial charge in [-0.05, 0) is 6.92 Å². The first kappa shape index (κ1) is 7.49. The third kappa shape index (κ3) is 3.68. The van der Waals surface area contributed by atoms with Crippen LogP contribution in [0.15, 0.2) is 0 Å². The SMILES string of the molecule is [B]C(=O)NC(C)CN. The van der Waals surface area contributed by atoms with Gasteiger partial charge in [0.05, 0.1) is 0 Å². The first-order valence-corrected chi connectivity index (χ1v) is 2.43. The van der Waals surface area contributed by atoms with Crippen LogP contribution >= 0.6 is 0 Å². The molecule has 0 aromatic heterocycles. The van der Waals surface area contributed by atoms with Crippen molar-refractivity contribution < 1.29 is 4.79 Å². The van der Waals surface area contributed by atoms with E-state index in [0.717, 1.165) is 0 Å². The predicted octanol–water partition coefficient (Wildman–Crippen LogP) is -0.788.